The van der Waals surface area contributed by atoms with Crippen molar-refractivity contribution in [1.82, 2.24) is 4.90 Å². The number of hydrogen-bond donors (Lipinski definition) is 1. The molecule has 4 nitrogen and oxygen atoms in total. The molecule has 1 aromatic carbocycles. The van der Waals surface area contributed by atoms with E-state index in [1.165, 1.54) is 12.1 Å². The second-order valence-electron chi connectivity index (χ2n) is 5.71. The molecular weight excluding hydrogens is 299 g/mol. The summed E-state index contributed by atoms with van der Waals surface area (Å²) in [5.41, 5.74) is 0.238. The third kappa shape index (κ3) is 2.29. The molecule has 118 valence electrons. The zero-order valence-corrected chi connectivity index (χ0v) is 11.5. The Balaban J connectivity index is 1.98. The maximum Gasteiger partial charge on any atom is 0.393 e. The molecule has 2 amide bonds. The highest BCUT2D eigenvalue weighted by Gasteiger charge is 2.53. The lowest BCUT2D eigenvalue weighted by Crippen LogP contribution is -2.52. The minimum Gasteiger partial charge on any atom is -0.393 e. The Labute approximate surface area is 124 Å². The number of alkyl halides is 3. The fourth-order valence-corrected chi connectivity index (χ4v) is 3.30. The van der Waals surface area contributed by atoms with E-state index in [0.717, 1.165) is 0 Å². The zero-order chi connectivity index (χ0) is 16.1. The van der Waals surface area contributed by atoms with E-state index in [0.29, 0.717) is 4.90 Å². The van der Waals surface area contributed by atoms with E-state index in [4.69, 9.17) is 0 Å². The molecule has 0 spiro atoms. The summed E-state index contributed by atoms with van der Waals surface area (Å²) in [5.74, 6) is -3.22. The molecule has 0 saturated heterocycles. The van der Waals surface area contributed by atoms with Gasteiger partial charge in [-0.15, -0.1) is 0 Å². The molecule has 0 aromatic heterocycles. The normalized spacial score (nSPS) is 28.9. The number of benzene rings is 1. The van der Waals surface area contributed by atoms with Crippen molar-refractivity contribution < 1.29 is 27.9 Å². The smallest absolute Gasteiger partial charge is 0.393 e. The number of aliphatic hydroxyl groups is 1. The van der Waals surface area contributed by atoms with Gasteiger partial charge in [0.05, 0.1) is 29.2 Å². The van der Waals surface area contributed by atoms with Gasteiger partial charge in [0.15, 0.2) is 0 Å². The van der Waals surface area contributed by atoms with Crippen molar-refractivity contribution in [3.05, 3.63) is 35.4 Å². The molecule has 22 heavy (non-hydrogen) atoms. The van der Waals surface area contributed by atoms with Crippen molar-refractivity contribution in [1.29, 1.82) is 0 Å². The average Bonchev–Trinajstić information content (AvgIpc) is 2.70. The van der Waals surface area contributed by atoms with Gasteiger partial charge in [0.25, 0.3) is 11.8 Å². The summed E-state index contributed by atoms with van der Waals surface area (Å²) in [6.07, 6.45) is -5.96. The van der Waals surface area contributed by atoms with E-state index in [2.05, 4.69) is 0 Å². The number of carbonyl (C=O) groups is 2. The van der Waals surface area contributed by atoms with Crippen molar-refractivity contribution in [3.8, 4) is 0 Å². The number of fused-ring (bicyclic) bond motifs is 1. The SMILES string of the molecule is O=C1c2ccccc2C(=O)N1C1CC(O)CCC1C(F)(F)F. The molecule has 0 bridgehead atoms. The van der Waals surface area contributed by atoms with E-state index in [-0.39, 0.29) is 30.4 Å². The first-order valence-electron chi connectivity index (χ1n) is 7.02. The molecule has 3 atom stereocenters. The number of nitrogens with zero attached hydrogens (tertiary/aromatic N) is 1. The first-order valence-corrected chi connectivity index (χ1v) is 7.02. The standard InChI is InChI=1S/C15H14F3NO3/c16-15(17,18)11-6-5-8(20)7-12(11)19-13(21)9-3-1-2-4-10(9)14(19)22/h1-4,8,11-12,20H,5-7H2. The summed E-state index contributed by atoms with van der Waals surface area (Å²) >= 11 is 0. The number of carbonyl (C=O) groups excluding carboxylic acids is 2. The van der Waals surface area contributed by atoms with Crippen LogP contribution >= 0.6 is 0 Å². The van der Waals surface area contributed by atoms with Crippen molar-refractivity contribution in [2.24, 2.45) is 5.92 Å². The molecule has 1 aromatic rings. The van der Waals surface area contributed by atoms with Crippen LogP contribution in [-0.2, 0) is 0 Å². The van der Waals surface area contributed by atoms with E-state index in [1.807, 2.05) is 0 Å². The van der Waals surface area contributed by atoms with Gasteiger partial charge in [-0.25, -0.2) is 0 Å². The maximum absolute atomic E-state index is 13.2. The van der Waals surface area contributed by atoms with Gasteiger partial charge in [-0.05, 0) is 31.4 Å². The van der Waals surface area contributed by atoms with Gasteiger partial charge in [0, 0.05) is 0 Å². The van der Waals surface area contributed by atoms with Crippen molar-refractivity contribution >= 4 is 11.8 Å². The van der Waals surface area contributed by atoms with Gasteiger partial charge in [-0.1, -0.05) is 12.1 Å². The Bertz CT molecular complexity index is 594. The Morgan fingerprint density at radius 2 is 1.59 bits per heavy atom. The molecule has 3 unspecified atom stereocenters. The van der Waals surface area contributed by atoms with E-state index >= 15 is 0 Å². The lowest BCUT2D eigenvalue weighted by molar-refractivity contribution is -0.199. The highest BCUT2D eigenvalue weighted by molar-refractivity contribution is 6.21. The van der Waals surface area contributed by atoms with Gasteiger partial charge in [-0.3, -0.25) is 14.5 Å². The first kappa shape index (κ1) is 15.0. The summed E-state index contributed by atoms with van der Waals surface area (Å²) < 4.78 is 39.7. The fraction of sp³-hybridized carbons (Fsp3) is 0.467. The van der Waals surface area contributed by atoms with Crippen LogP contribution in [0.3, 0.4) is 0 Å². The second-order valence-corrected chi connectivity index (χ2v) is 5.71. The number of halogens is 3. The van der Waals surface area contributed by atoms with Crippen LogP contribution in [0.4, 0.5) is 13.2 Å². The molecule has 2 aliphatic rings. The maximum atomic E-state index is 13.2. The Kier molecular flexibility index (Phi) is 3.47. The predicted molar refractivity (Wildman–Crippen MR) is 70.1 cm³/mol. The summed E-state index contributed by atoms with van der Waals surface area (Å²) in [4.78, 5) is 25.4. The number of imide groups is 1. The molecule has 0 radical (unpaired) electrons. The number of aliphatic hydroxyl groups excluding tert-OH is 1. The largest absolute Gasteiger partial charge is 0.393 e. The summed E-state index contributed by atoms with van der Waals surface area (Å²) in [5, 5.41) is 9.70. The van der Waals surface area contributed by atoms with Gasteiger partial charge in [-0.2, -0.15) is 13.2 Å². The molecular formula is C15H14F3NO3. The second kappa shape index (κ2) is 5.08. The van der Waals surface area contributed by atoms with Crippen LogP contribution in [0.2, 0.25) is 0 Å². The lowest BCUT2D eigenvalue weighted by atomic mass is 9.81. The molecule has 1 aliphatic carbocycles. The highest BCUT2D eigenvalue weighted by Crippen LogP contribution is 2.42. The third-order valence-corrected chi connectivity index (χ3v) is 4.37. The Hall–Kier alpha value is -1.89. The molecule has 1 fully saturated rings. The quantitative estimate of drug-likeness (QED) is 0.810. The molecule has 1 aliphatic heterocycles. The summed E-state index contributed by atoms with van der Waals surface area (Å²) in [6, 6.07) is 4.63. The van der Waals surface area contributed by atoms with E-state index in [9.17, 15) is 27.9 Å². The first-order chi connectivity index (χ1) is 10.3. The molecule has 7 heteroatoms. The van der Waals surface area contributed by atoms with Crippen molar-refractivity contribution in [2.75, 3.05) is 0 Å². The highest BCUT2D eigenvalue weighted by atomic mass is 19.4. The number of hydrogen-bond acceptors (Lipinski definition) is 3. The van der Waals surface area contributed by atoms with Crippen molar-refractivity contribution in [2.45, 2.75) is 37.6 Å². The Morgan fingerprint density at radius 3 is 2.09 bits per heavy atom. The van der Waals surface area contributed by atoms with Crippen LogP contribution in [0.5, 0.6) is 0 Å². The van der Waals surface area contributed by atoms with Crippen LogP contribution in [-0.4, -0.2) is 40.1 Å². The average molecular weight is 313 g/mol. The minimum atomic E-state index is -4.51. The number of rotatable bonds is 1. The van der Waals surface area contributed by atoms with Crippen LogP contribution in [0.15, 0.2) is 24.3 Å². The van der Waals surface area contributed by atoms with Crippen LogP contribution in [0, 0.1) is 5.92 Å². The third-order valence-electron chi connectivity index (χ3n) is 4.37. The fourth-order valence-electron chi connectivity index (χ4n) is 3.30. The van der Waals surface area contributed by atoms with Gasteiger partial charge < -0.3 is 5.11 Å². The number of amides is 2. The molecule has 1 N–H and O–H groups in total. The summed E-state index contributed by atoms with van der Waals surface area (Å²) in [7, 11) is 0. The van der Waals surface area contributed by atoms with Crippen molar-refractivity contribution in [3.63, 3.8) is 0 Å². The van der Waals surface area contributed by atoms with Crippen LogP contribution in [0.25, 0.3) is 0 Å². The molecule has 3 rings (SSSR count). The minimum absolute atomic E-state index is 0.0177. The zero-order valence-electron chi connectivity index (χ0n) is 11.5. The van der Waals surface area contributed by atoms with Crippen LogP contribution in [0.1, 0.15) is 40.0 Å². The van der Waals surface area contributed by atoms with E-state index in [1.54, 1.807) is 12.1 Å². The Morgan fingerprint density at radius 1 is 1.05 bits per heavy atom. The van der Waals surface area contributed by atoms with Gasteiger partial charge >= 0.3 is 6.18 Å². The van der Waals surface area contributed by atoms with Gasteiger partial charge in [0.2, 0.25) is 0 Å². The van der Waals surface area contributed by atoms with Gasteiger partial charge in [0.1, 0.15) is 0 Å². The topological polar surface area (TPSA) is 57.6 Å². The molecule has 1 heterocycles. The molecule has 1 saturated carbocycles. The van der Waals surface area contributed by atoms with E-state index < -0.39 is 36.1 Å². The monoisotopic (exact) mass is 313 g/mol. The van der Waals surface area contributed by atoms with Crippen LogP contribution < -0.4 is 0 Å². The summed E-state index contributed by atoms with van der Waals surface area (Å²) in [6.45, 7) is 0. The lowest BCUT2D eigenvalue weighted by Gasteiger charge is -2.39. The predicted octanol–water partition coefficient (Wildman–Crippen LogP) is 2.37.